The van der Waals surface area contributed by atoms with Gasteiger partial charge in [0.25, 0.3) is 0 Å². The first-order chi connectivity index (χ1) is 20.4. The second kappa shape index (κ2) is 13.9. The zero-order valence-electron chi connectivity index (χ0n) is 24.9. The molecule has 4 rings (SSSR count). The highest BCUT2D eigenvalue weighted by Crippen LogP contribution is 2.33. The van der Waals surface area contributed by atoms with Crippen LogP contribution in [0.4, 0.5) is 24.5 Å². The van der Waals surface area contributed by atoms with Gasteiger partial charge < -0.3 is 29.6 Å². The third-order valence-electron chi connectivity index (χ3n) is 7.80. The molecule has 43 heavy (non-hydrogen) atoms. The van der Waals surface area contributed by atoms with Crippen LogP contribution in [-0.4, -0.2) is 83.4 Å². The summed E-state index contributed by atoms with van der Waals surface area (Å²) in [5.74, 6) is 6.13. The van der Waals surface area contributed by atoms with Gasteiger partial charge in [-0.25, -0.2) is 8.42 Å². The van der Waals surface area contributed by atoms with Gasteiger partial charge in [0.2, 0.25) is 0 Å². The molecule has 1 heterocycles. The fourth-order valence-corrected chi connectivity index (χ4v) is 6.12. The summed E-state index contributed by atoms with van der Waals surface area (Å²) >= 11 is 0. The number of hydrogen-bond donors (Lipinski definition) is 2. The quantitative estimate of drug-likeness (QED) is 0.279. The highest BCUT2D eigenvalue weighted by atomic mass is 32.2. The second-order valence-corrected chi connectivity index (χ2v) is 12.9. The zero-order chi connectivity index (χ0) is 31.2. The summed E-state index contributed by atoms with van der Waals surface area (Å²) in [5, 5.41) is 7.34. The number of ether oxygens (including phenoxy) is 2. The number of fused-ring (bicyclic) bond motifs is 1. The Kier molecular flexibility index (Phi) is 10.5. The van der Waals surface area contributed by atoms with Crippen LogP contribution in [-0.2, 0) is 21.1 Å². The number of anilines is 2. The summed E-state index contributed by atoms with van der Waals surface area (Å²) in [6.45, 7) is 0.527. The van der Waals surface area contributed by atoms with Crippen LogP contribution in [0, 0.1) is 11.8 Å². The number of benzene rings is 2. The molecule has 0 atom stereocenters. The van der Waals surface area contributed by atoms with Gasteiger partial charge in [0.1, 0.15) is 12.3 Å². The zero-order valence-corrected chi connectivity index (χ0v) is 25.7. The third kappa shape index (κ3) is 8.59. The van der Waals surface area contributed by atoms with Crippen LogP contribution in [0.25, 0.3) is 10.9 Å². The normalized spacial score (nSPS) is 17.5. The Morgan fingerprint density at radius 1 is 1.07 bits per heavy atom. The van der Waals surface area contributed by atoms with Crippen LogP contribution in [0.2, 0.25) is 0 Å². The molecule has 8 nitrogen and oxygen atoms in total. The lowest BCUT2D eigenvalue weighted by atomic mass is 9.90. The lowest BCUT2D eigenvalue weighted by Gasteiger charge is -2.35. The van der Waals surface area contributed by atoms with Gasteiger partial charge in [-0.05, 0) is 69.0 Å². The fourth-order valence-electron chi connectivity index (χ4n) is 5.48. The summed E-state index contributed by atoms with van der Waals surface area (Å²) in [7, 11) is 1.83. The van der Waals surface area contributed by atoms with Gasteiger partial charge in [0, 0.05) is 49.1 Å². The second-order valence-electron chi connectivity index (χ2n) is 10.9. The Hall–Kier alpha value is -3.40. The van der Waals surface area contributed by atoms with Gasteiger partial charge in [-0.1, -0.05) is 12.0 Å². The van der Waals surface area contributed by atoms with Crippen molar-refractivity contribution in [3.8, 4) is 17.6 Å². The van der Waals surface area contributed by atoms with E-state index in [1.54, 1.807) is 31.4 Å². The number of halogens is 3. The van der Waals surface area contributed by atoms with E-state index in [0.717, 1.165) is 44.2 Å². The largest absolute Gasteiger partial charge is 0.495 e. The topological polar surface area (TPSA) is 84.8 Å². The highest BCUT2D eigenvalue weighted by molar-refractivity contribution is 7.90. The van der Waals surface area contributed by atoms with E-state index in [-0.39, 0.29) is 23.2 Å². The maximum Gasteiger partial charge on any atom is 0.406 e. The molecule has 0 unspecified atom stereocenters. The smallest absolute Gasteiger partial charge is 0.406 e. The fraction of sp³-hybridized carbons (Fsp3) is 0.484. The molecule has 3 aromatic rings. The van der Waals surface area contributed by atoms with Gasteiger partial charge in [-0.2, -0.15) is 13.2 Å². The van der Waals surface area contributed by atoms with E-state index in [0.29, 0.717) is 35.0 Å². The maximum absolute atomic E-state index is 13.6. The van der Waals surface area contributed by atoms with Gasteiger partial charge in [-0.3, -0.25) is 0 Å². The Morgan fingerprint density at radius 2 is 1.81 bits per heavy atom. The van der Waals surface area contributed by atoms with Crippen molar-refractivity contribution >= 4 is 32.1 Å². The van der Waals surface area contributed by atoms with E-state index in [2.05, 4.69) is 34.4 Å². The molecule has 1 aliphatic carbocycles. The molecule has 1 fully saturated rings. The SMILES string of the molecule is COCCN(C)C1CCC(Nc2cccc3c2cc(C#CCNc2ccc(S(C)(=O)=O)cc2OC)n3CC(F)(F)F)CC1. The predicted octanol–water partition coefficient (Wildman–Crippen LogP) is 5.38. The van der Waals surface area contributed by atoms with E-state index < -0.39 is 22.6 Å². The molecular weight excluding hydrogens is 581 g/mol. The molecule has 0 saturated heterocycles. The average Bonchev–Trinajstić information content (AvgIpc) is 3.30. The van der Waals surface area contributed by atoms with E-state index in [9.17, 15) is 21.6 Å². The van der Waals surface area contributed by atoms with E-state index in [1.165, 1.54) is 23.8 Å². The number of sulfone groups is 1. The van der Waals surface area contributed by atoms with Crippen LogP contribution < -0.4 is 15.4 Å². The van der Waals surface area contributed by atoms with Gasteiger partial charge in [0.15, 0.2) is 9.84 Å². The first-order valence-electron chi connectivity index (χ1n) is 14.1. The lowest BCUT2D eigenvalue weighted by Crippen LogP contribution is -2.39. The molecule has 2 aromatic carbocycles. The number of nitrogens with one attached hydrogen (secondary N) is 2. The molecule has 0 amide bonds. The minimum Gasteiger partial charge on any atom is -0.495 e. The van der Waals surface area contributed by atoms with Crippen molar-refractivity contribution in [1.82, 2.24) is 9.47 Å². The molecule has 12 heteroatoms. The standard InChI is InChI=1S/C31H39F3N4O4S/c1-37(17-18-41-2)23-12-10-22(11-13-23)36-27-8-5-9-29-26(27)19-24(38(29)21-31(32,33)34)7-6-16-35-28-15-14-25(43(4,39)40)20-30(28)42-3/h5,8-9,14-15,19-20,22-23,35-36H,10-13,16-18,21H2,1-4H3. The number of hydrogen-bond acceptors (Lipinski definition) is 7. The molecule has 1 aliphatic rings. The van der Waals surface area contributed by atoms with Crippen LogP contribution in [0.3, 0.4) is 0 Å². The van der Waals surface area contributed by atoms with Crippen LogP contribution in [0.1, 0.15) is 31.4 Å². The Labute approximate surface area is 251 Å². The van der Waals surface area contributed by atoms with Crippen molar-refractivity contribution in [1.29, 1.82) is 0 Å². The molecule has 234 valence electrons. The van der Waals surface area contributed by atoms with Gasteiger partial charge in [-0.15, -0.1) is 0 Å². The molecule has 0 spiro atoms. The number of alkyl halides is 3. The predicted molar refractivity (Wildman–Crippen MR) is 164 cm³/mol. The van der Waals surface area contributed by atoms with Gasteiger partial charge >= 0.3 is 6.18 Å². The van der Waals surface area contributed by atoms with Crippen molar-refractivity contribution < 1.29 is 31.1 Å². The average molecular weight is 621 g/mol. The molecule has 2 N–H and O–H groups in total. The summed E-state index contributed by atoms with van der Waals surface area (Å²) in [6, 6.07) is 12.2. The first-order valence-corrected chi connectivity index (χ1v) is 16.0. The minimum atomic E-state index is -4.42. The third-order valence-corrected chi connectivity index (χ3v) is 8.91. The molecule has 0 bridgehead atoms. The van der Waals surface area contributed by atoms with E-state index in [1.807, 2.05) is 6.07 Å². The molecule has 0 radical (unpaired) electrons. The molecule has 1 aromatic heterocycles. The molecule has 0 aliphatic heterocycles. The maximum atomic E-state index is 13.6. The minimum absolute atomic E-state index is 0.106. The van der Waals surface area contributed by atoms with Crippen molar-refractivity contribution in [2.45, 2.75) is 55.4 Å². The van der Waals surface area contributed by atoms with E-state index >= 15 is 0 Å². The number of likely N-dealkylation sites (N-methyl/N-ethyl adjacent to an activating group) is 1. The Balaban J connectivity index is 1.52. The Morgan fingerprint density at radius 3 is 2.47 bits per heavy atom. The van der Waals surface area contributed by atoms with Crippen molar-refractivity contribution in [2.75, 3.05) is 57.9 Å². The first kappa shape index (κ1) is 32.5. The molecular formula is C31H39F3N4O4S. The summed E-state index contributed by atoms with van der Waals surface area (Å²) in [5.41, 5.74) is 2.04. The highest BCUT2D eigenvalue weighted by Gasteiger charge is 2.30. The van der Waals surface area contributed by atoms with Crippen LogP contribution in [0.15, 0.2) is 47.4 Å². The van der Waals surface area contributed by atoms with Crippen molar-refractivity contribution in [3.63, 3.8) is 0 Å². The summed E-state index contributed by atoms with van der Waals surface area (Å²) in [4.78, 5) is 2.45. The number of nitrogens with zero attached hydrogens (tertiary/aromatic N) is 2. The van der Waals surface area contributed by atoms with Crippen molar-refractivity contribution in [3.05, 3.63) is 48.2 Å². The number of methoxy groups -OCH3 is 2. The van der Waals surface area contributed by atoms with E-state index in [4.69, 9.17) is 9.47 Å². The van der Waals surface area contributed by atoms with Crippen molar-refractivity contribution in [2.24, 2.45) is 0 Å². The number of aromatic nitrogens is 1. The molecule has 1 saturated carbocycles. The monoisotopic (exact) mass is 620 g/mol. The van der Waals surface area contributed by atoms with Gasteiger partial charge in [0.05, 0.1) is 42.1 Å². The summed E-state index contributed by atoms with van der Waals surface area (Å²) < 4.78 is 76.3. The van der Waals surface area contributed by atoms with Crippen LogP contribution >= 0.6 is 0 Å². The summed E-state index contributed by atoms with van der Waals surface area (Å²) in [6.07, 6.45) is 0.689. The Bertz CT molecular complexity index is 1570. The van der Waals surface area contributed by atoms with Crippen LogP contribution in [0.5, 0.6) is 5.75 Å². The lowest BCUT2D eigenvalue weighted by molar-refractivity contribution is -0.140. The number of rotatable bonds is 11.